The molecule has 0 fully saturated rings. The maximum Gasteiger partial charge on any atom is -0.0236 e. The van der Waals surface area contributed by atoms with Crippen LogP contribution in [0.1, 0.15) is 34.7 Å². The predicted octanol–water partition coefficient (Wildman–Crippen LogP) is 4.65. The van der Waals surface area contributed by atoms with Crippen molar-refractivity contribution in [2.24, 2.45) is 0 Å². The average molecular weight is 238 g/mol. The molecule has 0 spiro atoms. The van der Waals surface area contributed by atoms with Crippen molar-refractivity contribution in [2.75, 3.05) is 0 Å². The molecule has 2 aromatic carbocycles. The Hall–Kier alpha value is -1.56. The van der Waals surface area contributed by atoms with Crippen molar-refractivity contribution in [2.45, 2.75) is 40.0 Å². The van der Waals surface area contributed by atoms with E-state index >= 15 is 0 Å². The summed E-state index contributed by atoms with van der Waals surface area (Å²) in [6, 6.07) is 15.7. The van der Waals surface area contributed by atoms with Gasteiger partial charge in [-0.25, -0.2) is 0 Å². The summed E-state index contributed by atoms with van der Waals surface area (Å²) in [4.78, 5) is 0. The molecule has 0 aromatic heterocycles. The molecule has 0 aliphatic rings. The van der Waals surface area contributed by atoms with Crippen molar-refractivity contribution in [1.82, 2.24) is 0 Å². The van der Waals surface area contributed by atoms with Gasteiger partial charge in [0.05, 0.1) is 0 Å². The van der Waals surface area contributed by atoms with Gasteiger partial charge >= 0.3 is 0 Å². The van der Waals surface area contributed by atoms with Gasteiger partial charge in [-0.15, -0.1) is 0 Å². The van der Waals surface area contributed by atoms with Crippen LogP contribution in [0, 0.1) is 13.8 Å². The van der Waals surface area contributed by atoms with Crippen molar-refractivity contribution >= 4 is 0 Å². The monoisotopic (exact) mass is 238 g/mol. The molecule has 0 unspecified atom stereocenters. The Morgan fingerprint density at radius 3 is 2.11 bits per heavy atom. The Balaban J connectivity index is 2.07. The molecule has 0 bridgehead atoms. The van der Waals surface area contributed by atoms with Crippen molar-refractivity contribution in [3.05, 3.63) is 70.3 Å². The standard InChI is InChI=1S/C18H22/c1-4-16-10-7-15(3)18(13-16)12-11-17-8-5-14(2)6-9-17/h5-10,13H,4,11-12H2,1-3H3. The molecule has 0 heteroatoms. The molecule has 94 valence electrons. The van der Waals surface area contributed by atoms with Crippen LogP contribution in [0.5, 0.6) is 0 Å². The van der Waals surface area contributed by atoms with Crippen molar-refractivity contribution in [1.29, 1.82) is 0 Å². The molecule has 18 heavy (non-hydrogen) atoms. The summed E-state index contributed by atoms with van der Waals surface area (Å²) in [7, 11) is 0. The number of hydrogen-bond acceptors (Lipinski definition) is 0. The van der Waals surface area contributed by atoms with E-state index in [0.717, 1.165) is 19.3 Å². The fraction of sp³-hybridized carbons (Fsp3) is 0.333. The van der Waals surface area contributed by atoms with Crippen LogP contribution in [0.4, 0.5) is 0 Å². The maximum atomic E-state index is 2.36. The molecule has 0 atom stereocenters. The normalized spacial score (nSPS) is 10.6. The van der Waals surface area contributed by atoms with E-state index in [-0.39, 0.29) is 0 Å². The summed E-state index contributed by atoms with van der Waals surface area (Å²) < 4.78 is 0. The Morgan fingerprint density at radius 2 is 1.44 bits per heavy atom. The highest BCUT2D eigenvalue weighted by Crippen LogP contribution is 2.15. The molecule has 0 nitrogen and oxygen atoms in total. The van der Waals surface area contributed by atoms with Crippen LogP contribution in [-0.2, 0) is 19.3 Å². The molecule has 0 radical (unpaired) electrons. The van der Waals surface area contributed by atoms with Gasteiger partial charge in [-0.1, -0.05) is 55.0 Å². The van der Waals surface area contributed by atoms with Gasteiger partial charge in [-0.3, -0.25) is 0 Å². The predicted molar refractivity (Wildman–Crippen MR) is 79.1 cm³/mol. The van der Waals surface area contributed by atoms with Crippen LogP contribution >= 0.6 is 0 Å². The fourth-order valence-electron chi connectivity index (χ4n) is 2.25. The summed E-state index contributed by atoms with van der Waals surface area (Å²) in [6.45, 7) is 6.57. The minimum Gasteiger partial charge on any atom is -0.0613 e. The summed E-state index contributed by atoms with van der Waals surface area (Å²) in [6.07, 6.45) is 3.40. The second kappa shape index (κ2) is 5.86. The van der Waals surface area contributed by atoms with E-state index in [2.05, 4.69) is 63.2 Å². The number of rotatable bonds is 4. The van der Waals surface area contributed by atoms with Crippen molar-refractivity contribution in [3.63, 3.8) is 0 Å². The second-order valence-corrected chi connectivity index (χ2v) is 5.10. The lowest BCUT2D eigenvalue weighted by Gasteiger charge is -2.08. The molecule has 2 rings (SSSR count). The molecular formula is C18H22. The third-order valence-corrected chi connectivity index (χ3v) is 3.63. The van der Waals surface area contributed by atoms with Crippen molar-refractivity contribution in [3.8, 4) is 0 Å². The lowest BCUT2D eigenvalue weighted by Crippen LogP contribution is -1.96. The molecule has 2 aromatic rings. The van der Waals surface area contributed by atoms with E-state index in [0.29, 0.717) is 0 Å². The lowest BCUT2D eigenvalue weighted by molar-refractivity contribution is 0.941. The van der Waals surface area contributed by atoms with Crippen LogP contribution < -0.4 is 0 Å². The van der Waals surface area contributed by atoms with E-state index in [4.69, 9.17) is 0 Å². The first-order valence-electron chi connectivity index (χ1n) is 6.83. The van der Waals surface area contributed by atoms with Gasteiger partial charge in [0.2, 0.25) is 0 Å². The van der Waals surface area contributed by atoms with Gasteiger partial charge in [0.25, 0.3) is 0 Å². The Labute approximate surface area is 111 Å². The summed E-state index contributed by atoms with van der Waals surface area (Å²) >= 11 is 0. The van der Waals surface area contributed by atoms with Crippen LogP contribution in [0.25, 0.3) is 0 Å². The molecule has 0 amide bonds. The first-order valence-corrected chi connectivity index (χ1v) is 6.83. The molecule has 0 saturated carbocycles. The van der Waals surface area contributed by atoms with Crippen LogP contribution in [0.2, 0.25) is 0 Å². The molecule has 0 saturated heterocycles. The number of benzene rings is 2. The third-order valence-electron chi connectivity index (χ3n) is 3.63. The first-order chi connectivity index (χ1) is 8.69. The van der Waals surface area contributed by atoms with E-state index in [1.807, 2.05) is 0 Å². The molecule has 0 aliphatic heterocycles. The average Bonchev–Trinajstić information content (AvgIpc) is 2.40. The van der Waals surface area contributed by atoms with Crippen LogP contribution in [-0.4, -0.2) is 0 Å². The Kier molecular flexibility index (Phi) is 4.19. The number of aryl methyl sites for hydroxylation is 5. The smallest absolute Gasteiger partial charge is 0.0236 e. The lowest BCUT2D eigenvalue weighted by atomic mass is 9.97. The molecular weight excluding hydrogens is 216 g/mol. The van der Waals surface area contributed by atoms with E-state index in [1.54, 1.807) is 0 Å². The highest BCUT2D eigenvalue weighted by Gasteiger charge is 2.01. The second-order valence-electron chi connectivity index (χ2n) is 5.10. The zero-order valence-electron chi connectivity index (χ0n) is 11.7. The number of hydrogen-bond donors (Lipinski definition) is 0. The minimum absolute atomic E-state index is 1.12. The molecule has 0 aliphatic carbocycles. The van der Waals surface area contributed by atoms with E-state index < -0.39 is 0 Å². The molecule has 0 heterocycles. The Morgan fingerprint density at radius 1 is 0.778 bits per heavy atom. The first kappa shape index (κ1) is 12.9. The van der Waals surface area contributed by atoms with E-state index in [1.165, 1.54) is 27.8 Å². The molecule has 0 N–H and O–H groups in total. The quantitative estimate of drug-likeness (QED) is 0.727. The van der Waals surface area contributed by atoms with Gasteiger partial charge in [-0.2, -0.15) is 0 Å². The van der Waals surface area contributed by atoms with Crippen LogP contribution in [0.15, 0.2) is 42.5 Å². The fourth-order valence-corrected chi connectivity index (χ4v) is 2.25. The third kappa shape index (κ3) is 3.22. The van der Waals surface area contributed by atoms with Crippen LogP contribution in [0.3, 0.4) is 0 Å². The zero-order chi connectivity index (χ0) is 13.0. The SMILES string of the molecule is CCc1ccc(C)c(CCc2ccc(C)cc2)c1. The summed E-state index contributed by atoms with van der Waals surface area (Å²) in [5.41, 5.74) is 7.12. The zero-order valence-corrected chi connectivity index (χ0v) is 11.7. The highest BCUT2D eigenvalue weighted by atomic mass is 14.1. The highest BCUT2D eigenvalue weighted by molar-refractivity contribution is 5.32. The maximum absolute atomic E-state index is 2.36. The van der Waals surface area contributed by atoms with Gasteiger partial charge in [0, 0.05) is 0 Å². The summed E-state index contributed by atoms with van der Waals surface area (Å²) in [5, 5.41) is 0. The van der Waals surface area contributed by atoms with Gasteiger partial charge in [0.15, 0.2) is 0 Å². The largest absolute Gasteiger partial charge is 0.0613 e. The minimum atomic E-state index is 1.12. The van der Waals surface area contributed by atoms with E-state index in [9.17, 15) is 0 Å². The van der Waals surface area contributed by atoms with Gasteiger partial charge < -0.3 is 0 Å². The summed E-state index contributed by atoms with van der Waals surface area (Å²) in [5.74, 6) is 0. The van der Waals surface area contributed by atoms with Gasteiger partial charge in [-0.05, 0) is 55.4 Å². The topological polar surface area (TPSA) is 0 Å². The van der Waals surface area contributed by atoms with Crippen molar-refractivity contribution < 1.29 is 0 Å². The van der Waals surface area contributed by atoms with Gasteiger partial charge in [0.1, 0.15) is 0 Å². The Bertz CT molecular complexity index is 506.